The van der Waals surface area contributed by atoms with Crippen LogP contribution >= 0.6 is 0 Å². The predicted molar refractivity (Wildman–Crippen MR) is 97.4 cm³/mol. The van der Waals surface area contributed by atoms with Gasteiger partial charge in [0.1, 0.15) is 0 Å². The predicted octanol–water partition coefficient (Wildman–Crippen LogP) is 2.35. The lowest BCUT2D eigenvalue weighted by Gasteiger charge is -2.16. The van der Waals surface area contributed by atoms with E-state index >= 15 is 0 Å². The van der Waals surface area contributed by atoms with Crippen molar-refractivity contribution in [2.75, 3.05) is 11.9 Å². The summed E-state index contributed by atoms with van der Waals surface area (Å²) in [4.78, 5) is 26.6. The zero-order chi connectivity index (χ0) is 18.3. The van der Waals surface area contributed by atoms with Gasteiger partial charge in [-0.1, -0.05) is 18.9 Å². The number of amides is 2. The summed E-state index contributed by atoms with van der Waals surface area (Å²) in [6.45, 7) is 0.468. The van der Waals surface area contributed by atoms with Crippen LogP contribution in [0.5, 0.6) is 0 Å². The van der Waals surface area contributed by atoms with E-state index in [4.69, 9.17) is 0 Å². The van der Waals surface area contributed by atoms with Crippen LogP contribution in [0, 0.1) is 5.92 Å². The topological polar surface area (TPSA) is 83.5 Å². The van der Waals surface area contributed by atoms with Gasteiger partial charge in [-0.05, 0) is 43.9 Å². The van der Waals surface area contributed by atoms with E-state index in [9.17, 15) is 18.0 Å². The highest BCUT2D eigenvalue weighted by molar-refractivity contribution is 7.92. The van der Waals surface area contributed by atoms with Crippen LogP contribution in [0.2, 0.25) is 0 Å². The lowest BCUT2D eigenvalue weighted by Crippen LogP contribution is -2.29. The molecule has 2 saturated carbocycles. The van der Waals surface area contributed by atoms with Crippen LogP contribution in [-0.4, -0.2) is 43.0 Å². The van der Waals surface area contributed by atoms with Crippen LogP contribution in [0.3, 0.4) is 0 Å². The number of rotatable bonds is 5. The highest BCUT2D eigenvalue weighted by Crippen LogP contribution is 2.33. The smallest absolute Gasteiger partial charge is 0.229 e. The lowest BCUT2D eigenvalue weighted by atomic mass is 10.1. The van der Waals surface area contributed by atoms with Crippen molar-refractivity contribution in [3.8, 4) is 0 Å². The molecule has 1 saturated heterocycles. The van der Waals surface area contributed by atoms with Crippen molar-refractivity contribution < 1.29 is 18.0 Å². The molecule has 1 aromatic rings. The second-order valence-electron chi connectivity index (χ2n) is 7.65. The van der Waals surface area contributed by atoms with Crippen molar-refractivity contribution in [3.63, 3.8) is 0 Å². The van der Waals surface area contributed by atoms with Crippen molar-refractivity contribution in [3.05, 3.63) is 24.3 Å². The third-order valence-electron chi connectivity index (χ3n) is 5.69. The molecular formula is C19H24N2O4S. The Bertz CT molecular complexity index is 826. The molecule has 140 valence electrons. The average Bonchev–Trinajstić information content (AvgIpc) is 3.14. The Hall–Kier alpha value is -1.89. The number of sulfone groups is 1. The normalized spacial score (nSPS) is 24.2. The Labute approximate surface area is 153 Å². The molecule has 0 aromatic heterocycles. The van der Waals surface area contributed by atoms with Gasteiger partial charge in [-0.3, -0.25) is 9.59 Å². The Morgan fingerprint density at radius 3 is 2.54 bits per heavy atom. The van der Waals surface area contributed by atoms with Crippen molar-refractivity contribution in [1.82, 2.24) is 4.90 Å². The molecule has 1 N–H and O–H groups in total. The second kappa shape index (κ2) is 6.68. The second-order valence-corrected chi connectivity index (χ2v) is 9.87. The van der Waals surface area contributed by atoms with E-state index in [1.807, 2.05) is 4.90 Å². The Balaban J connectivity index is 1.45. The van der Waals surface area contributed by atoms with E-state index < -0.39 is 9.84 Å². The quantitative estimate of drug-likeness (QED) is 0.855. The molecule has 1 aliphatic heterocycles. The molecule has 3 fully saturated rings. The Morgan fingerprint density at radius 2 is 1.85 bits per heavy atom. The van der Waals surface area contributed by atoms with Crippen molar-refractivity contribution in [2.45, 2.75) is 61.1 Å². The summed E-state index contributed by atoms with van der Waals surface area (Å²) >= 11 is 0. The van der Waals surface area contributed by atoms with E-state index in [1.54, 1.807) is 24.3 Å². The maximum Gasteiger partial charge on any atom is 0.229 e. The molecule has 26 heavy (non-hydrogen) atoms. The summed E-state index contributed by atoms with van der Waals surface area (Å²) in [5.41, 5.74) is 0.478. The van der Waals surface area contributed by atoms with Crippen molar-refractivity contribution in [2.24, 2.45) is 5.92 Å². The van der Waals surface area contributed by atoms with Gasteiger partial charge in [-0.2, -0.15) is 0 Å². The molecule has 0 spiro atoms. The zero-order valence-electron chi connectivity index (χ0n) is 14.7. The molecule has 1 unspecified atom stereocenters. The summed E-state index contributed by atoms with van der Waals surface area (Å²) in [7, 11) is -3.35. The number of nitrogens with zero attached hydrogens (tertiary/aromatic N) is 1. The SMILES string of the molecule is O=C(Nc1cccc(S(=O)(=O)C2CCCC2)c1)C1CC(=O)N(C2CC2)C1. The number of carbonyl (C=O) groups is 2. The molecular weight excluding hydrogens is 352 g/mol. The first-order chi connectivity index (χ1) is 12.4. The molecule has 0 radical (unpaired) electrons. The molecule has 1 aromatic carbocycles. The summed E-state index contributed by atoms with van der Waals surface area (Å²) < 4.78 is 25.5. The Kier molecular flexibility index (Phi) is 4.50. The zero-order valence-corrected chi connectivity index (χ0v) is 15.5. The first-order valence-corrected chi connectivity index (χ1v) is 10.9. The van der Waals surface area contributed by atoms with Gasteiger partial charge in [-0.25, -0.2) is 8.42 Å². The molecule has 3 aliphatic rings. The van der Waals surface area contributed by atoms with Crippen LogP contribution in [-0.2, 0) is 19.4 Å². The number of hydrogen-bond donors (Lipinski definition) is 1. The molecule has 7 heteroatoms. The van der Waals surface area contributed by atoms with Gasteiger partial charge in [0.2, 0.25) is 11.8 Å². The van der Waals surface area contributed by atoms with Gasteiger partial charge >= 0.3 is 0 Å². The van der Waals surface area contributed by atoms with Crippen LogP contribution in [0.4, 0.5) is 5.69 Å². The molecule has 1 atom stereocenters. The largest absolute Gasteiger partial charge is 0.339 e. The summed E-state index contributed by atoms with van der Waals surface area (Å²) in [5, 5.41) is 2.49. The lowest BCUT2D eigenvalue weighted by molar-refractivity contribution is -0.128. The van der Waals surface area contributed by atoms with Crippen molar-refractivity contribution >= 4 is 27.3 Å². The fourth-order valence-electron chi connectivity index (χ4n) is 4.03. The fourth-order valence-corrected chi connectivity index (χ4v) is 5.93. The molecule has 2 aliphatic carbocycles. The number of anilines is 1. The average molecular weight is 376 g/mol. The van der Waals surface area contributed by atoms with Gasteiger partial charge < -0.3 is 10.2 Å². The molecule has 0 bridgehead atoms. The van der Waals surface area contributed by atoms with Crippen LogP contribution in [0.1, 0.15) is 44.9 Å². The van der Waals surface area contributed by atoms with Gasteiger partial charge in [-0.15, -0.1) is 0 Å². The minimum absolute atomic E-state index is 0.0465. The van der Waals surface area contributed by atoms with E-state index in [0.717, 1.165) is 25.7 Å². The third-order valence-corrected chi connectivity index (χ3v) is 7.95. The Morgan fingerprint density at radius 1 is 1.12 bits per heavy atom. The van der Waals surface area contributed by atoms with E-state index in [0.29, 0.717) is 31.1 Å². The fraction of sp³-hybridized carbons (Fsp3) is 0.579. The van der Waals surface area contributed by atoms with Crippen LogP contribution in [0.15, 0.2) is 29.2 Å². The van der Waals surface area contributed by atoms with Crippen LogP contribution in [0.25, 0.3) is 0 Å². The minimum atomic E-state index is -3.35. The standard InChI is InChI=1S/C19H24N2O4S/c22-18-10-13(12-21(18)15-8-9-15)19(23)20-14-4-3-7-17(11-14)26(24,25)16-5-1-2-6-16/h3-4,7,11,13,15-16H,1-2,5-6,8-10,12H2,(H,20,23). The highest BCUT2D eigenvalue weighted by atomic mass is 32.2. The molecule has 6 nitrogen and oxygen atoms in total. The highest BCUT2D eigenvalue weighted by Gasteiger charge is 2.41. The van der Waals surface area contributed by atoms with Gasteiger partial charge in [0.05, 0.1) is 16.1 Å². The number of likely N-dealkylation sites (tertiary alicyclic amines) is 1. The molecule has 2 amide bonds. The maximum atomic E-state index is 12.7. The van der Waals surface area contributed by atoms with E-state index in [2.05, 4.69) is 5.32 Å². The van der Waals surface area contributed by atoms with Gasteiger partial charge in [0.25, 0.3) is 0 Å². The number of nitrogens with one attached hydrogen (secondary N) is 1. The summed E-state index contributed by atoms with van der Waals surface area (Å²) in [5.74, 6) is -0.527. The van der Waals surface area contributed by atoms with E-state index in [1.165, 1.54) is 0 Å². The first-order valence-electron chi connectivity index (χ1n) is 9.39. The number of hydrogen-bond acceptors (Lipinski definition) is 4. The van der Waals surface area contributed by atoms with Crippen molar-refractivity contribution in [1.29, 1.82) is 0 Å². The minimum Gasteiger partial charge on any atom is -0.339 e. The summed E-state index contributed by atoms with van der Waals surface area (Å²) in [6.07, 6.45) is 5.62. The number of benzene rings is 1. The third kappa shape index (κ3) is 3.37. The first kappa shape index (κ1) is 17.5. The van der Waals surface area contributed by atoms with E-state index in [-0.39, 0.29) is 34.3 Å². The van der Waals surface area contributed by atoms with Gasteiger partial charge in [0.15, 0.2) is 9.84 Å². The monoisotopic (exact) mass is 376 g/mol. The van der Waals surface area contributed by atoms with Crippen LogP contribution < -0.4 is 5.32 Å². The van der Waals surface area contributed by atoms with Gasteiger partial charge in [0, 0.05) is 24.7 Å². The molecule has 1 heterocycles. The summed E-state index contributed by atoms with van der Waals surface area (Å²) in [6, 6.07) is 6.81. The molecule has 4 rings (SSSR count). The number of carbonyl (C=O) groups excluding carboxylic acids is 2. The maximum absolute atomic E-state index is 12.7.